The Morgan fingerprint density at radius 2 is 1.86 bits per heavy atom. The van der Waals surface area contributed by atoms with Gasteiger partial charge in [-0.2, -0.15) is 0 Å². The number of rotatable bonds is 6. The molecular weight excluding hydrogens is 373 g/mol. The highest BCUT2D eigenvalue weighted by atomic mass is 19.1. The second kappa shape index (κ2) is 6.83. The van der Waals surface area contributed by atoms with Crippen molar-refractivity contribution in [2.75, 3.05) is 6.54 Å². The minimum Gasteiger partial charge on any atom is -0.345 e. The molecule has 6 nitrogen and oxygen atoms in total. The second-order valence-corrected chi connectivity index (χ2v) is 7.90. The Morgan fingerprint density at radius 3 is 2.45 bits per heavy atom. The molecule has 0 bridgehead atoms. The number of carbonyl (C=O) groups is 3. The van der Waals surface area contributed by atoms with Crippen LogP contribution in [0.5, 0.6) is 0 Å². The maximum atomic E-state index is 13.3. The molecule has 29 heavy (non-hydrogen) atoms. The normalized spacial score (nSPS) is 21.6. The topological polar surface area (TPSA) is 71.4 Å². The van der Waals surface area contributed by atoms with E-state index in [-0.39, 0.29) is 12.3 Å². The molecule has 152 valence electrons. The third-order valence-corrected chi connectivity index (χ3v) is 6.04. The highest BCUT2D eigenvalue weighted by Gasteiger charge is 2.51. The summed E-state index contributed by atoms with van der Waals surface area (Å²) in [6, 6.07) is 7.17. The quantitative estimate of drug-likeness (QED) is 0.598. The van der Waals surface area contributed by atoms with Gasteiger partial charge in [-0.1, -0.05) is 19.1 Å². The zero-order chi connectivity index (χ0) is 20.9. The molecule has 1 saturated heterocycles. The van der Waals surface area contributed by atoms with Crippen LogP contribution in [0.3, 0.4) is 0 Å². The van der Waals surface area contributed by atoms with E-state index in [0.717, 1.165) is 29.1 Å². The predicted molar refractivity (Wildman–Crippen MR) is 105 cm³/mol. The summed E-state index contributed by atoms with van der Waals surface area (Å²) in [5.41, 5.74) is 1.66. The number of halogens is 1. The lowest BCUT2D eigenvalue weighted by molar-refractivity contribution is -0.131. The minimum absolute atomic E-state index is 0.264. The Morgan fingerprint density at radius 1 is 1.21 bits per heavy atom. The number of urea groups is 1. The first-order valence-corrected chi connectivity index (χ1v) is 9.90. The fourth-order valence-corrected chi connectivity index (χ4v) is 4.33. The number of imide groups is 1. The number of aromatic nitrogens is 1. The van der Waals surface area contributed by atoms with E-state index in [2.05, 4.69) is 9.88 Å². The molecule has 1 unspecified atom stereocenters. The Hall–Kier alpha value is -2.96. The number of amides is 3. The fourth-order valence-electron chi connectivity index (χ4n) is 4.33. The lowest BCUT2D eigenvalue weighted by atomic mass is 9.87. The van der Waals surface area contributed by atoms with Crippen molar-refractivity contribution in [1.29, 1.82) is 0 Å². The number of benzene rings is 1. The number of carbonyl (C=O) groups excluding carboxylic acids is 3. The molecule has 1 aromatic heterocycles. The van der Waals surface area contributed by atoms with Gasteiger partial charge in [-0.15, -0.1) is 0 Å². The van der Waals surface area contributed by atoms with Gasteiger partial charge in [0.25, 0.3) is 5.91 Å². The molecule has 4 rings (SSSR count). The van der Waals surface area contributed by atoms with Gasteiger partial charge in [0.05, 0.1) is 6.54 Å². The molecular formula is C22H24FN3O3. The highest BCUT2D eigenvalue weighted by Crippen LogP contribution is 2.38. The van der Waals surface area contributed by atoms with E-state index in [1.54, 1.807) is 6.92 Å². The minimum atomic E-state index is -1.28. The molecule has 1 aliphatic carbocycles. The molecule has 1 atom stereocenters. The van der Waals surface area contributed by atoms with Gasteiger partial charge in [0, 0.05) is 23.0 Å². The molecule has 1 saturated carbocycles. The van der Waals surface area contributed by atoms with Crippen molar-refractivity contribution in [1.82, 2.24) is 14.8 Å². The number of aryl methyl sites for hydroxylation is 1. The molecule has 0 spiro atoms. The summed E-state index contributed by atoms with van der Waals surface area (Å²) in [6.45, 7) is 5.32. The molecule has 2 aromatic rings. The smallest absolute Gasteiger partial charge is 0.325 e. The summed E-state index contributed by atoms with van der Waals surface area (Å²) in [6.07, 6.45) is 2.51. The van der Waals surface area contributed by atoms with E-state index in [4.69, 9.17) is 0 Å². The van der Waals surface area contributed by atoms with Crippen LogP contribution in [0.1, 0.15) is 59.5 Å². The summed E-state index contributed by atoms with van der Waals surface area (Å²) < 4.78 is 15.5. The summed E-state index contributed by atoms with van der Waals surface area (Å²) in [5, 5.41) is 2.73. The monoisotopic (exact) mass is 397 g/mol. The number of nitrogens with one attached hydrogen (secondary N) is 1. The molecule has 2 heterocycles. The number of hydrogen-bond donors (Lipinski definition) is 1. The number of ketones is 1. The summed E-state index contributed by atoms with van der Waals surface area (Å²) in [5.74, 6) is -1.17. The first kappa shape index (κ1) is 19.4. The van der Waals surface area contributed by atoms with Crippen LogP contribution in [0.4, 0.5) is 9.18 Å². The van der Waals surface area contributed by atoms with E-state index in [0.29, 0.717) is 23.6 Å². The lowest BCUT2D eigenvalue weighted by Gasteiger charge is -2.25. The van der Waals surface area contributed by atoms with Crippen LogP contribution in [-0.2, 0) is 10.3 Å². The van der Waals surface area contributed by atoms with E-state index in [9.17, 15) is 18.8 Å². The van der Waals surface area contributed by atoms with Crippen molar-refractivity contribution in [3.05, 3.63) is 58.7 Å². The number of nitrogens with zero attached hydrogens (tertiary/aromatic N) is 2. The second-order valence-electron chi connectivity index (χ2n) is 7.90. The van der Waals surface area contributed by atoms with Gasteiger partial charge in [-0.3, -0.25) is 14.5 Å². The molecule has 2 fully saturated rings. The first-order chi connectivity index (χ1) is 13.8. The Balaban J connectivity index is 1.60. The average molecular weight is 397 g/mol. The van der Waals surface area contributed by atoms with Crippen LogP contribution in [0.25, 0.3) is 0 Å². The van der Waals surface area contributed by atoms with Crippen LogP contribution in [0.15, 0.2) is 30.3 Å². The Bertz CT molecular complexity index is 1010. The van der Waals surface area contributed by atoms with Crippen LogP contribution >= 0.6 is 0 Å². The summed E-state index contributed by atoms with van der Waals surface area (Å²) in [4.78, 5) is 39.7. The zero-order valence-corrected chi connectivity index (χ0v) is 16.8. The molecule has 1 N–H and O–H groups in total. The third-order valence-electron chi connectivity index (χ3n) is 6.04. The van der Waals surface area contributed by atoms with Crippen LogP contribution in [-0.4, -0.2) is 33.7 Å². The third kappa shape index (κ3) is 3.05. The van der Waals surface area contributed by atoms with Gasteiger partial charge >= 0.3 is 6.03 Å². The van der Waals surface area contributed by atoms with Crippen LogP contribution in [0, 0.1) is 19.7 Å². The predicted octanol–water partition coefficient (Wildman–Crippen LogP) is 3.62. The van der Waals surface area contributed by atoms with Gasteiger partial charge < -0.3 is 9.88 Å². The Kier molecular flexibility index (Phi) is 4.56. The standard InChI is InChI=1S/C22H24FN3O3/c1-4-22(15-5-7-16(23)8-6-15)20(28)25(21(29)24-22)12-19(27)18-11-13(2)26(14(18)3)17-9-10-17/h5-8,11,17H,4,9-10,12H2,1-3H3,(H,24,29). The van der Waals surface area contributed by atoms with Gasteiger partial charge in [0.2, 0.25) is 0 Å². The number of Topliss-reactive ketones (excluding diaryl/α,β-unsaturated/α-hetero) is 1. The van der Waals surface area contributed by atoms with E-state index >= 15 is 0 Å². The molecule has 3 amide bonds. The van der Waals surface area contributed by atoms with Crippen molar-refractivity contribution in [2.24, 2.45) is 0 Å². The van der Waals surface area contributed by atoms with Gasteiger partial charge in [-0.25, -0.2) is 9.18 Å². The molecule has 7 heteroatoms. The van der Waals surface area contributed by atoms with Crippen LogP contribution in [0.2, 0.25) is 0 Å². The Labute approximate surface area is 168 Å². The molecule has 1 aromatic carbocycles. The highest BCUT2D eigenvalue weighted by molar-refractivity contribution is 6.11. The van der Waals surface area contributed by atoms with Crippen LogP contribution < -0.4 is 5.32 Å². The van der Waals surface area contributed by atoms with Gasteiger partial charge in [0.15, 0.2) is 5.78 Å². The molecule has 1 aliphatic heterocycles. The molecule has 2 aliphatic rings. The SMILES string of the molecule is CCC1(c2ccc(F)cc2)NC(=O)N(CC(=O)c2cc(C)n(C3CC3)c2C)C1=O. The molecule has 0 radical (unpaired) electrons. The van der Waals surface area contributed by atoms with E-state index in [1.165, 1.54) is 24.3 Å². The van der Waals surface area contributed by atoms with Crippen molar-refractivity contribution in [3.8, 4) is 0 Å². The van der Waals surface area contributed by atoms with E-state index < -0.39 is 23.3 Å². The van der Waals surface area contributed by atoms with Crippen molar-refractivity contribution in [2.45, 2.75) is 51.6 Å². The summed E-state index contributed by atoms with van der Waals surface area (Å²) >= 11 is 0. The van der Waals surface area contributed by atoms with E-state index in [1.807, 2.05) is 19.9 Å². The maximum Gasteiger partial charge on any atom is 0.325 e. The van der Waals surface area contributed by atoms with Gasteiger partial charge in [0.1, 0.15) is 11.4 Å². The number of hydrogen-bond acceptors (Lipinski definition) is 3. The fraction of sp³-hybridized carbons (Fsp3) is 0.409. The van der Waals surface area contributed by atoms with Crippen molar-refractivity contribution in [3.63, 3.8) is 0 Å². The summed E-state index contributed by atoms with van der Waals surface area (Å²) in [7, 11) is 0. The lowest BCUT2D eigenvalue weighted by Crippen LogP contribution is -2.43. The van der Waals surface area contributed by atoms with Crippen molar-refractivity contribution < 1.29 is 18.8 Å². The maximum absolute atomic E-state index is 13.3. The first-order valence-electron chi connectivity index (χ1n) is 9.90. The van der Waals surface area contributed by atoms with Crippen molar-refractivity contribution >= 4 is 17.7 Å². The van der Waals surface area contributed by atoms with Gasteiger partial charge in [-0.05, 0) is 56.9 Å². The zero-order valence-electron chi connectivity index (χ0n) is 16.8. The average Bonchev–Trinajstić information content (AvgIpc) is 3.43. The largest absolute Gasteiger partial charge is 0.345 e.